The van der Waals surface area contributed by atoms with Gasteiger partial charge in [0.1, 0.15) is 24.2 Å². The maximum Gasteiger partial charge on any atom is 0.250 e. The fourth-order valence-electron chi connectivity index (χ4n) is 3.13. The van der Waals surface area contributed by atoms with Gasteiger partial charge < -0.3 is 19.5 Å². The molecule has 3 rings (SSSR count). The number of carbonyl (C=O) groups excluding carboxylic acids is 1. The van der Waals surface area contributed by atoms with Crippen LogP contribution in [-0.4, -0.2) is 25.7 Å². The van der Waals surface area contributed by atoms with Crippen LogP contribution in [0, 0.1) is 0 Å². The quantitative estimate of drug-likeness (QED) is 0.502. The van der Waals surface area contributed by atoms with Gasteiger partial charge in [-0.2, -0.15) is 0 Å². The van der Waals surface area contributed by atoms with E-state index in [1.165, 1.54) is 0 Å². The highest BCUT2D eigenvalue weighted by Crippen LogP contribution is 2.30. The average molecular weight is 405 g/mol. The van der Waals surface area contributed by atoms with E-state index < -0.39 is 0 Å². The van der Waals surface area contributed by atoms with E-state index in [0.717, 1.165) is 11.1 Å². The van der Waals surface area contributed by atoms with E-state index in [9.17, 15) is 4.79 Å². The van der Waals surface area contributed by atoms with E-state index in [-0.39, 0.29) is 18.6 Å². The van der Waals surface area contributed by atoms with Crippen LogP contribution in [0.4, 0.5) is 5.69 Å². The Kier molecular flexibility index (Phi) is 7.86. The first-order chi connectivity index (χ1) is 14.7. The molecule has 5 nitrogen and oxygen atoms in total. The van der Waals surface area contributed by atoms with Crippen LogP contribution in [0.1, 0.15) is 31.1 Å². The molecule has 0 radical (unpaired) electrons. The summed E-state index contributed by atoms with van der Waals surface area (Å²) in [6.07, 6.45) is -0.334. The molecule has 0 heterocycles. The van der Waals surface area contributed by atoms with Gasteiger partial charge in [0.15, 0.2) is 0 Å². The molecule has 0 aliphatic rings. The lowest BCUT2D eigenvalue weighted by Crippen LogP contribution is -2.21. The molecule has 0 unspecified atom stereocenters. The normalized spacial score (nSPS) is 10.6. The fourth-order valence-corrected chi connectivity index (χ4v) is 3.13. The topological polar surface area (TPSA) is 56.8 Å². The van der Waals surface area contributed by atoms with Gasteiger partial charge in [-0.25, -0.2) is 0 Å². The second-order valence-electron chi connectivity index (χ2n) is 6.58. The highest BCUT2D eigenvalue weighted by atomic mass is 16.5. The van der Waals surface area contributed by atoms with Crippen LogP contribution < -0.4 is 14.8 Å². The molecule has 1 N–H and O–H groups in total. The molecule has 0 atom stereocenters. The van der Waals surface area contributed by atoms with Crippen molar-refractivity contribution in [3.63, 3.8) is 0 Å². The summed E-state index contributed by atoms with van der Waals surface area (Å²) in [5.41, 5.74) is 2.54. The van der Waals surface area contributed by atoms with Gasteiger partial charge in [-0.3, -0.25) is 4.79 Å². The van der Waals surface area contributed by atoms with E-state index in [0.29, 0.717) is 30.4 Å². The minimum absolute atomic E-state index is 0.0983. The molecule has 1 amide bonds. The average Bonchev–Trinajstić information content (AvgIpc) is 2.77. The van der Waals surface area contributed by atoms with Crippen molar-refractivity contribution in [1.29, 1.82) is 0 Å². The predicted molar refractivity (Wildman–Crippen MR) is 118 cm³/mol. The SMILES string of the molecule is CCOc1ccc(OCC)c(NC(=O)COC(c2ccccc2)c2ccccc2)c1. The van der Waals surface area contributed by atoms with Crippen molar-refractivity contribution in [2.24, 2.45) is 0 Å². The van der Waals surface area contributed by atoms with Crippen molar-refractivity contribution in [3.8, 4) is 11.5 Å². The zero-order valence-electron chi connectivity index (χ0n) is 17.3. The standard InChI is InChI=1S/C25H27NO4/c1-3-28-21-15-16-23(29-4-2)22(17-21)26-24(27)18-30-25(19-11-7-5-8-12-19)20-13-9-6-10-14-20/h5-17,25H,3-4,18H2,1-2H3,(H,26,27). The molecule has 0 saturated heterocycles. The Hall–Kier alpha value is -3.31. The van der Waals surface area contributed by atoms with Crippen LogP contribution in [0.3, 0.4) is 0 Å². The van der Waals surface area contributed by atoms with Crippen LogP contribution in [-0.2, 0) is 9.53 Å². The van der Waals surface area contributed by atoms with E-state index in [4.69, 9.17) is 14.2 Å². The Bertz CT molecular complexity index is 889. The van der Waals surface area contributed by atoms with Crippen molar-refractivity contribution < 1.29 is 19.0 Å². The minimum Gasteiger partial charge on any atom is -0.494 e. The summed E-state index contributed by atoms with van der Waals surface area (Å²) in [7, 11) is 0. The first-order valence-electron chi connectivity index (χ1n) is 10.1. The van der Waals surface area contributed by atoms with Gasteiger partial charge in [0.25, 0.3) is 5.91 Å². The molecular weight excluding hydrogens is 378 g/mol. The zero-order valence-corrected chi connectivity index (χ0v) is 17.3. The number of hydrogen-bond donors (Lipinski definition) is 1. The maximum absolute atomic E-state index is 12.7. The number of anilines is 1. The lowest BCUT2D eigenvalue weighted by atomic mass is 10.0. The molecule has 0 saturated carbocycles. The highest BCUT2D eigenvalue weighted by molar-refractivity contribution is 5.93. The molecule has 0 aliphatic heterocycles. The molecule has 30 heavy (non-hydrogen) atoms. The number of rotatable bonds is 10. The molecule has 3 aromatic carbocycles. The number of hydrogen-bond acceptors (Lipinski definition) is 4. The van der Waals surface area contributed by atoms with Crippen molar-refractivity contribution in [1.82, 2.24) is 0 Å². The van der Waals surface area contributed by atoms with Crippen molar-refractivity contribution in [3.05, 3.63) is 90.0 Å². The third-order valence-electron chi connectivity index (χ3n) is 4.42. The first kappa shape index (κ1) is 21.4. The molecule has 3 aromatic rings. The van der Waals surface area contributed by atoms with Crippen molar-refractivity contribution in [2.45, 2.75) is 20.0 Å². The monoisotopic (exact) mass is 405 g/mol. The van der Waals surface area contributed by atoms with Gasteiger partial charge in [-0.05, 0) is 37.1 Å². The molecule has 156 valence electrons. The number of ether oxygens (including phenoxy) is 3. The third kappa shape index (κ3) is 5.84. The van der Waals surface area contributed by atoms with Crippen LogP contribution in [0.5, 0.6) is 11.5 Å². The van der Waals surface area contributed by atoms with E-state index in [2.05, 4.69) is 5.32 Å². The van der Waals surface area contributed by atoms with Gasteiger partial charge in [-0.1, -0.05) is 60.7 Å². The summed E-state index contributed by atoms with van der Waals surface area (Å²) < 4.78 is 17.2. The Balaban J connectivity index is 1.72. The maximum atomic E-state index is 12.7. The molecular formula is C25H27NO4. The summed E-state index contributed by atoms with van der Waals surface area (Å²) in [5, 5.41) is 2.88. The predicted octanol–water partition coefficient (Wildman–Crippen LogP) is 5.23. The Morgan fingerprint density at radius 2 is 1.43 bits per heavy atom. The molecule has 5 heteroatoms. The second kappa shape index (κ2) is 11.0. The largest absolute Gasteiger partial charge is 0.494 e. The zero-order chi connectivity index (χ0) is 21.2. The Morgan fingerprint density at radius 3 is 2.00 bits per heavy atom. The summed E-state index contributed by atoms with van der Waals surface area (Å²) in [5.74, 6) is 1.00. The van der Waals surface area contributed by atoms with Gasteiger partial charge in [0.05, 0.1) is 18.9 Å². The van der Waals surface area contributed by atoms with E-state index >= 15 is 0 Å². The number of nitrogens with one attached hydrogen (secondary N) is 1. The smallest absolute Gasteiger partial charge is 0.250 e. The summed E-state index contributed by atoms with van der Waals surface area (Å²) in [4.78, 5) is 12.7. The first-order valence-corrected chi connectivity index (χ1v) is 10.1. The van der Waals surface area contributed by atoms with Crippen LogP contribution in [0.25, 0.3) is 0 Å². The Labute approximate surface area is 177 Å². The van der Waals surface area contributed by atoms with Crippen molar-refractivity contribution in [2.75, 3.05) is 25.1 Å². The van der Waals surface area contributed by atoms with Crippen LogP contribution in [0.2, 0.25) is 0 Å². The second-order valence-corrected chi connectivity index (χ2v) is 6.58. The van der Waals surface area contributed by atoms with Crippen LogP contribution in [0.15, 0.2) is 78.9 Å². The third-order valence-corrected chi connectivity index (χ3v) is 4.42. The molecule has 0 aromatic heterocycles. The molecule has 0 aliphatic carbocycles. The Morgan fingerprint density at radius 1 is 0.833 bits per heavy atom. The van der Waals surface area contributed by atoms with Gasteiger partial charge in [0.2, 0.25) is 0 Å². The van der Waals surface area contributed by atoms with Gasteiger partial charge >= 0.3 is 0 Å². The fraction of sp³-hybridized carbons (Fsp3) is 0.240. The number of benzene rings is 3. The summed E-state index contributed by atoms with van der Waals surface area (Å²) in [6, 6.07) is 25.1. The molecule has 0 spiro atoms. The van der Waals surface area contributed by atoms with E-state index in [1.54, 1.807) is 12.1 Å². The minimum atomic E-state index is -0.334. The lowest BCUT2D eigenvalue weighted by Gasteiger charge is -2.19. The highest BCUT2D eigenvalue weighted by Gasteiger charge is 2.17. The number of amides is 1. The summed E-state index contributed by atoms with van der Waals surface area (Å²) in [6.45, 7) is 4.75. The summed E-state index contributed by atoms with van der Waals surface area (Å²) >= 11 is 0. The van der Waals surface area contributed by atoms with Crippen molar-refractivity contribution >= 4 is 11.6 Å². The van der Waals surface area contributed by atoms with E-state index in [1.807, 2.05) is 80.6 Å². The van der Waals surface area contributed by atoms with Gasteiger partial charge in [-0.15, -0.1) is 0 Å². The lowest BCUT2D eigenvalue weighted by molar-refractivity contribution is -0.121. The molecule has 0 fully saturated rings. The number of carbonyl (C=O) groups is 1. The van der Waals surface area contributed by atoms with Gasteiger partial charge in [0, 0.05) is 6.07 Å². The molecule has 0 bridgehead atoms. The van der Waals surface area contributed by atoms with Crippen LogP contribution >= 0.6 is 0 Å².